The lowest BCUT2D eigenvalue weighted by atomic mass is 9.81. The highest BCUT2D eigenvalue weighted by Gasteiger charge is 2.42. The van der Waals surface area contributed by atoms with Crippen LogP contribution in [0.1, 0.15) is 134 Å². The van der Waals surface area contributed by atoms with Gasteiger partial charge < -0.3 is 80.1 Å². The van der Waals surface area contributed by atoms with Gasteiger partial charge in [-0.1, -0.05) is 72.9 Å². The lowest BCUT2D eigenvalue weighted by Gasteiger charge is -2.34. The second-order valence-corrected chi connectivity index (χ2v) is 23.1. The Balaban J connectivity index is 1.37. The van der Waals surface area contributed by atoms with Crippen molar-refractivity contribution in [2.45, 2.75) is 172 Å². The molecule has 29 heteroatoms. The number of aliphatic imine (C=N–C) groups is 1. The van der Waals surface area contributed by atoms with Gasteiger partial charge in [0.25, 0.3) is 0 Å². The molecule has 9 amide bonds. The van der Waals surface area contributed by atoms with Gasteiger partial charge >= 0.3 is 5.97 Å². The first-order chi connectivity index (χ1) is 41.0. The molecule has 29 nitrogen and oxygen atoms in total. The highest BCUT2D eigenvalue weighted by Crippen LogP contribution is 2.35. The predicted octanol–water partition coefficient (Wildman–Crippen LogP) is -1.18. The Hall–Kier alpha value is -8.89. The van der Waals surface area contributed by atoms with Gasteiger partial charge in [0.05, 0.1) is 23.9 Å². The lowest BCUT2D eigenvalue weighted by molar-refractivity contribution is -0.142. The van der Waals surface area contributed by atoms with Crippen molar-refractivity contribution in [3.8, 4) is 5.82 Å². The molecule has 4 aliphatic heterocycles. The summed E-state index contributed by atoms with van der Waals surface area (Å²) in [6.45, 7) is 11.2. The number of carbonyl (C=O) groups excluding carboxylic acids is 9. The topological polar surface area (TPSA) is 452 Å². The number of aromatic nitrogens is 5. The van der Waals surface area contributed by atoms with Gasteiger partial charge in [-0.25, -0.2) is 14.8 Å². The van der Waals surface area contributed by atoms with Crippen LogP contribution in [0.15, 0.2) is 48.2 Å². The highest BCUT2D eigenvalue weighted by molar-refractivity contribution is 6.00. The molecule has 18 N–H and O–H groups in total. The molecule has 0 spiro atoms. The number of imidazole rings is 2. The van der Waals surface area contributed by atoms with E-state index >= 15 is 9.59 Å². The number of guanidine groups is 1. The van der Waals surface area contributed by atoms with Crippen molar-refractivity contribution >= 4 is 76.0 Å². The first kappa shape index (κ1) is 64.7. The van der Waals surface area contributed by atoms with Gasteiger partial charge in [0.15, 0.2) is 5.96 Å². The van der Waals surface area contributed by atoms with Gasteiger partial charge in [0.2, 0.25) is 53.2 Å². The molecule has 7 bridgehead atoms. The van der Waals surface area contributed by atoms with Gasteiger partial charge in [-0.3, -0.25) is 52.7 Å². The molecule has 11 atom stereocenters. The summed E-state index contributed by atoms with van der Waals surface area (Å²) in [7, 11) is 0. The minimum atomic E-state index is -1.56. The molecular formula is C57H82N18O11. The SMILES string of the molecule is CCC(C)C1NC(=O)C(NC(=O)C2CCC(=O)N2)C(C(C)C)c2ccc3c4c([nH]c3c2)-n2cnc(c2)CC(C(=O)NC(C(=O)NC(CCCCCN)C(=O)O)c2cnc[nH]2)NC(=O)C(CCCN=C(N)N)NC(=O)C(C4)NC(=O)C(C(C)C)NC1=O. The summed E-state index contributed by atoms with van der Waals surface area (Å²) in [5.74, 6) is -10.0. The number of rotatable bonds is 21. The largest absolute Gasteiger partial charge is 0.480 e. The maximum absolute atomic E-state index is 15.2. The number of hydrogen-bond donors (Lipinski definition) is 15. The van der Waals surface area contributed by atoms with Crippen molar-refractivity contribution in [2.24, 2.45) is 39.9 Å². The number of nitrogens with one attached hydrogen (secondary N) is 11. The summed E-state index contributed by atoms with van der Waals surface area (Å²) in [4.78, 5) is 161. The Morgan fingerprint density at radius 1 is 0.814 bits per heavy atom. The number of nitrogens with two attached hydrogens (primary N) is 3. The molecule has 1 fully saturated rings. The number of carbonyl (C=O) groups is 10. The first-order valence-electron chi connectivity index (χ1n) is 29.3. The molecule has 0 radical (unpaired) electrons. The van der Waals surface area contributed by atoms with Crippen LogP contribution in [0.4, 0.5) is 0 Å². The van der Waals surface area contributed by atoms with Crippen LogP contribution in [0.5, 0.6) is 0 Å². The lowest BCUT2D eigenvalue weighted by Crippen LogP contribution is -2.62. The number of H-pyrrole nitrogens is 2. The van der Waals surface area contributed by atoms with E-state index in [9.17, 15) is 43.5 Å². The summed E-state index contributed by atoms with van der Waals surface area (Å²) in [6.07, 6.45) is 7.56. The second-order valence-electron chi connectivity index (χ2n) is 23.1. The second kappa shape index (κ2) is 29.3. The summed E-state index contributed by atoms with van der Waals surface area (Å²) in [5.41, 5.74) is 18.8. The molecule has 1 saturated heterocycles. The van der Waals surface area contributed by atoms with Gasteiger partial charge in [0, 0.05) is 54.4 Å². The summed E-state index contributed by atoms with van der Waals surface area (Å²) in [5, 5.41) is 35.6. The van der Waals surface area contributed by atoms with E-state index in [4.69, 9.17) is 17.2 Å². The third kappa shape index (κ3) is 16.1. The minimum absolute atomic E-state index is 0.0207. The van der Waals surface area contributed by atoms with E-state index in [0.29, 0.717) is 60.1 Å². The molecule has 8 rings (SSSR count). The number of hydrogen-bond acceptors (Lipinski definition) is 14. The fourth-order valence-electron chi connectivity index (χ4n) is 11.1. The average Bonchev–Trinajstić information content (AvgIpc) is 1.80. The van der Waals surface area contributed by atoms with Crippen molar-refractivity contribution in [3.63, 3.8) is 0 Å². The molecule has 4 aromatic rings. The molecule has 11 unspecified atom stereocenters. The number of unbranched alkanes of at least 4 members (excludes halogenated alkanes) is 2. The van der Waals surface area contributed by atoms with Crippen LogP contribution in [-0.4, -0.2) is 156 Å². The van der Waals surface area contributed by atoms with Gasteiger partial charge in [-0.05, 0) is 68.0 Å². The molecule has 4 aliphatic rings. The number of nitrogens with zero attached hydrogens (tertiary/aromatic N) is 4. The maximum Gasteiger partial charge on any atom is 0.326 e. The van der Waals surface area contributed by atoms with E-state index in [-0.39, 0.29) is 80.7 Å². The number of aliphatic carboxylic acids is 1. The number of carboxylic acids is 1. The quantitative estimate of drug-likeness (QED) is 0.0202. The van der Waals surface area contributed by atoms with Crippen LogP contribution in [0, 0.1) is 17.8 Å². The van der Waals surface area contributed by atoms with Crippen molar-refractivity contribution in [1.82, 2.24) is 72.4 Å². The van der Waals surface area contributed by atoms with Crippen molar-refractivity contribution in [1.29, 1.82) is 0 Å². The zero-order valence-electron chi connectivity index (χ0n) is 49.3. The fraction of sp³-hybridized carbons (Fsp3) is 0.561. The molecule has 7 heterocycles. The third-order valence-corrected chi connectivity index (χ3v) is 16.1. The van der Waals surface area contributed by atoms with Crippen LogP contribution in [0.3, 0.4) is 0 Å². The van der Waals surface area contributed by atoms with Crippen molar-refractivity contribution in [2.75, 3.05) is 13.1 Å². The van der Waals surface area contributed by atoms with Crippen LogP contribution in [0.25, 0.3) is 16.7 Å². The molecule has 86 heavy (non-hydrogen) atoms. The Bertz CT molecular complexity index is 3150. The maximum atomic E-state index is 15.2. The van der Waals surface area contributed by atoms with Crippen molar-refractivity contribution < 1.29 is 53.1 Å². The van der Waals surface area contributed by atoms with Gasteiger partial charge in [-0.2, -0.15) is 0 Å². The van der Waals surface area contributed by atoms with E-state index < -0.39 is 125 Å². The van der Waals surface area contributed by atoms with Gasteiger partial charge in [-0.15, -0.1) is 0 Å². The third-order valence-electron chi connectivity index (χ3n) is 16.1. The molecule has 0 aliphatic carbocycles. The van der Waals surface area contributed by atoms with Gasteiger partial charge in [0.1, 0.15) is 66.5 Å². The Labute approximate surface area is 496 Å². The van der Waals surface area contributed by atoms with E-state index in [1.54, 1.807) is 43.7 Å². The van der Waals surface area contributed by atoms with E-state index in [2.05, 4.69) is 72.8 Å². The fourth-order valence-corrected chi connectivity index (χ4v) is 11.1. The molecule has 466 valence electrons. The highest BCUT2D eigenvalue weighted by atomic mass is 16.4. The Morgan fingerprint density at radius 2 is 1.56 bits per heavy atom. The molecular weight excluding hydrogens is 1110 g/mol. The Morgan fingerprint density at radius 3 is 2.21 bits per heavy atom. The van der Waals surface area contributed by atoms with E-state index in [1.807, 2.05) is 26.8 Å². The zero-order chi connectivity index (χ0) is 62.5. The molecule has 3 aromatic heterocycles. The molecule has 0 saturated carbocycles. The zero-order valence-corrected chi connectivity index (χ0v) is 49.3. The minimum Gasteiger partial charge on any atom is -0.480 e. The number of benzene rings is 1. The normalized spacial score (nSPS) is 23.2. The van der Waals surface area contributed by atoms with Crippen molar-refractivity contribution in [3.05, 3.63) is 65.8 Å². The number of fused-ring (bicyclic) bond motifs is 13. The van der Waals surface area contributed by atoms with Crippen LogP contribution in [-0.2, 0) is 60.8 Å². The van der Waals surface area contributed by atoms with Crippen LogP contribution < -0.4 is 65.1 Å². The average molecular weight is 1200 g/mol. The Kier molecular flexibility index (Phi) is 22.0. The van der Waals surface area contributed by atoms with E-state index in [0.717, 1.165) is 0 Å². The number of aromatic amines is 2. The van der Waals surface area contributed by atoms with Crippen LogP contribution >= 0.6 is 0 Å². The van der Waals surface area contributed by atoms with E-state index in [1.165, 1.54) is 18.9 Å². The monoisotopic (exact) mass is 1190 g/mol. The van der Waals surface area contributed by atoms with Crippen LogP contribution in [0.2, 0.25) is 0 Å². The predicted molar refractivity (Wildman–Crippen MR) is 314 cm³/mol. The molecule has 1 aromatic carbocycles. The smallest absolute Gasteiger partial charge is 0.326 e. The first-order valence-corrected chi connectivity index (χ1v) is 29.3. The number of carboxylic acid groups (broad SMARTS) is 1. The summed E-state index contributed by atoms with van der Waals surface area (Å²) in [6, 6.07) is -6.72. The summed E-state index contributed by atoms with van der Waals surface area (Å²) >= 11 is 0. The standard InChI is InChI=1S/C57H82N18O11/c1-7-29(6)44-53(82)71-43(28(4)5)52(81)70-39-22-33-32-15-14-30(42(27(2)3)46(55(84)72-44)74-49(78)35-16-17-41(76)65-35)20-37(32)66-47(33)75-24-31(64-26-75)21-38(69-48(77)34(67-50(39)79)13-11-19-62-57(59)60)51(80)73-45(40-23-61-25-63-40)54(83)68-36(56(85)86)12-9-8-10-18-58/h14-15,20,23-29,34-36,38-39,42-46,66H,7-13,16-19,21-22,58H2,1-6H3,(H,61,63)(H,65,76)(H,67,79)(H,68,83)(H,69,77)(H,70,81)(H,71,82)(H,72,84)(H,73,80)(H,74,78)(H,85,86)(H4,59,60,62). The summed E-state index contributed by atoms with van der Waals surface area (Å²) < 4.78 is 1.60. The number of amides is 9.